The number of carbonyl (C=O) groups is 2. The molecule has 0 aliphatic carbocycles. The quantitative estimate of drug-likeness (QED) is 0.289. The molecular formula is C31H38ClN3O4S. The van der Waals surface area contributed by atoms with Gasteiger partial charge in [-0.15, -0.1) is 0 Å². The van der Waals surface area contributed by atoms with Crippen LogP contribution in [0.2, 0.25) is 5.02 Å². The van der Waals surface area contributed by atoms with Crippen molar-refractivity contribution in [3.8, 4) is 0 Å². The molecule has 1 atom stereocenters. The number of para-hydroxylation sites is 1. The normalized spacial score (nSPS) is 12.2. The summed E-state index contributed by atoms with van der Waals surface area (Å²) in [6.45, 7) is 7.92. The van der Waals surface area contributed by atoms with Crippen molar-refractivity contribution >= 4 is 39.1 Å². The zero-order valence-electron chi connectivity index (χ0n) is 23.5. The summed E-state index contributed by atoms with van der Waals surface area (Å²) in [5.74, 6) is -0.508. The summed E-state index contributed by atoms with van der Waals surface area (Å²) in [5, 5.41) is 3.13. The highest BCUT2D eigenvalue weighted by molar-refractivity contribution is 7.92. The fraction of sp³-hybridized carbons (Fsp3) is 0.355. The monoisotopic (exact) mass is 583 g/mol. The van der Waals surface area contributed by atoms with E-state index in [0.717, 1.165) is 15.4 Å². The molecular weight excluding hydrogens is 546 g/mol. The summed E-state index contributed by atoms with van der Waals surface area (Å²) in [4.78, 5) is 28.8. The number of benzene rings is 3. The Kier molecular flexibility index (Phi) is 11.2. The fourth-order valence-corrected chi connectivity index (χ4v) is 6.04. The van der Waals surface area contributed by atoms with E-state index in [4.69, 9.17) is 11.6 Å². The Morgan fingerprint density at radius 1 is 0.925 bits per heavy atom. The van der Waals surface area contributed by atoms with Crippen molar-refractivity contribution in [2.45, 2.75) is 51.5 Å². The third kappa shape index (κ3) is 8.08. The van der Waals surface area contributed by atoms with Crippen LogP contribution >= 0.6 is 11.6 Å². The fourth-order valence-electron chi connectivity index (χ4n) is 4.32. The van der Waals surface area contributed by atoms with E-state index in [1.165, 1.54) is 17.0 Å². The average molecular weight is 584 g/mol. The van der Waals surface area contributed by atoms with Crippen molar-refractivity contribution in [3.05, 3.63) is 95.0 Å². The van der Waals surface area contributed by atoms with Gasteiger partial charge in [0.05, 0.1) is 15.6 Å². The van der Waals surface area contributed by atoms with Gasteiger partial charge in [-0.1, -0.05) is 92.5 Å². The summed E-state index contributed by atoms with van der Waals surface area (Å²) in [6.07, 6.45) is 0.888. The van der Waals surface area contributed by atoms with E-state index in [1.807, 2.05) is 58.0 Å². The summed E-state index contributed by atoms with van der Waals surface area (Å²) in [5.41, 5.74) is 2.11. The van der Waals surface area contributed by atoms with E-state index in [-0.39, 0.29) is 34.0 Å². The molecule has 2 amide bonds. The molecule has 1 N–H and O–H groups in total. The van der Waals surface area contributed by atoms with Gasteiger partial charge in [0, 0.05) is 13.1 Å². The van der Waals surface area contributed by atoms with Crippen LogP contribution in [0, 0.1) is 12.8 Å². The molecule has 3 rings (SSSR count). The van der Waals surface area contributed by atoms with Gasteiger partial charge in [0.2, 0.25) is 11.8 Å². The molecule has 9 heteroatoms. The van der Waals surface area contributed by atoms with Gasteiger partial charge < -0.3 is 10.2 Å². The number of nitrogens with one attached hydrogen (secondary N) is 1. The Morgan fingerprint density at radius 3 is 2.15 bits per heavy atom. The zero-order valence-corrected chi connectivity index (χ0v) is 25.1. The molecule has 0 heterocycles. The van der Waals surface area contributed by atoms with Crippen molar-refractivity contribution in [3.63, 3.8) is 0 Å². The molecule has 214 valence electrons. The summed E-state index contributed by atoms with van der Waals surface area (Å²) < 4.78 is 28.8. The first-order valence-corrected chi connectivity index (χ1v) is 15.3. The van der Waals surface area contributed by atoms with Gasteiger partial charge in [-0.2, -0.15) is 0 Å². The lowest BCUT2D eigenvalue weighted by molar-refractivity contribution is -0.139. The Labute approximate surface area is 243 Å². The maximum absolute atomic E-state index is 14.0. The molecule has 0 bridgehead atoms. The predicted molar refractivity (Wildman–Crippen MR) is 161 cm³/mol. The zero-order chi connectivity index (χ0) is 29.3. The maximum Gasteiger partial charge on any atom is 0.264 e. The van der Waals surface area contributed by atoms with Crippen LogP contribution in [0.3, 0.4) is 0 Å². The molecule has 0 aliphatic heterocycles. The number of anilines is 1. The first-order chi connectivity index (χ1) is 19.0. The number of amides is 2. The third-order valence-electron chi connectivity index (χ3n) is 6.56. The van der Waals surface area contributed by atoms with Crippen molar-refractivity contribution in [2.24, 2.45) is 5.92 Å². The topological polar surface area (TPSA) is 86.8 Å². The van der Waals surface area contributed by atoms with E-state index < -0.39 is 28.5 Å². The summed E-state index contributed by atoms with van der Waals surface area (Å²) in [6, 6.07) is 21.9. The number of aryl methyl sites for hydroxylation is 1. The van der Waals surface area contributed by atoms with Crippen LogP contribution in [0.1, 0.15) is 38.3 Å². The van der Waals surface area contributed by atoms with Gasteiger partial charge in [0.15, 0.2) is 0 Å². The van der Waals surface area contributed by atoms with Gasteiger partial charge in [-0.25, -0.2) is 8.42 Å². The van der Waals surface area contributed by atoms with Crippen molar-refractivity contribution in [1.29, 1.82) is 0 Å². The number of hydrogen-bond acceptors (Lipinski definition) is 4. The van der Waals surface area contributed by atoms with Crippen molar-refractivity contribution in [1.82, 2.24) is 10.2 Å². The van der Waals surface area contributed by atoms with Crippen LogP contribution in [0.15, 0.2) is 83.8 Å². The Balaban J connectivity index is 2.00. The summed E-state index contributed by atoms with van der Waals surface area (Å²) >= 11 is 6.46. The smallest absolute Gasteiger partial charge is 0.264 e. The number of nitrogens with zero attached hydrogens (tertiary/aromatic N) is 2. The number of hydrogen-bond donors (Lipinski definition) is 1. The SMILES string of the molecule is CC[C@H](C(=O)NCC(C)C)N(CCc1ccccc1)C(=O)CN(c1ccccc1Cl)S(=O)(=O)c1ccc(C)cc1. The van der Waals surface area contributed by atoms with Gasteiger partial charge in [0.1, 0.15) is 12.6 Å². The van der Waals surface area contributed by atoms with Gasteiger partial charge >= 0.3 is 0 Å². The second kappa shape index (κ2) is 14.3. The molecule has 0 aromatic heterocycles. The number of carbonyl (C=O) groups excluding carboxylic acids is 2. The summed E-state index contributed by atoms with van der Waals surface area (Å²) in [7, 11) is -4.16. The van der Waals surface area contributed by atoms with Crippen LogP contribution in [0.5, 0.6) is 0 Å². The Bertz CT molecular complexity index is 1380. The minimum atomic E-state index is -4.16. The first kappa shape index (κ1) is 31.2. The molecule has 0 spiro atoms. The van der Waals surface area contributed by atoms with E-state index in [9.17, 15) is 18.0 Å². The molecule has 0 radical (unpaired) electrons. The molecule has 0 saturated carbocycles. The lowest BCUT2D eigenvalue weighted by Crippen LogP contribution is -2.53. The lowest BCUT2D eigenvalue weighted by atomic mass is 10.1. The second-order valence-corrected chi connectivity index (χ2v) is 12.4. The first-order valence-electron chi connectivity index (χ1n) is 13.5. The molecule has 3 aromatic rings. The minimum absolute atomic E-state index is 0.0448. The average Bonchev–Trinajstić information content (AvgIpc) is 2.93. The van der Waals surface area contributed by atoms with Gasteiger partial charge in [-0.05, 0) is 55.5 Å². The van der Waals surface area contributed by atoms with E-state index in [1.54, 1.807) is 36.4 Å². The molecule has 3 aromatic carbocycles. The predicted octanol–water partition coefficient (Wildman–Crippen LogP) is 5.47. The van der Waals surface area contributed by atoms with Gasteiger partial charge in [-0.3, -0.25) is 13.9 Å². The van der Waals surface area contributed by atoms with Crippen molar-refractivity contribution < 1.29 is 18.0 Å². The van der Waals surface area contributed by atoms with Crippen LogP contribution in [0.25, 0.3) is 0 Å². The standard InChI is InChI=1S/C31H38ClN3O4S/c1-5-28(31(37)33-21-23(2)3)34(20-19-25-11-7-6-8-12-25)30(36)22-35(29-14-10-9-13-27(29)32)40(38,39)26-17-15-24(4)16-18-26/h6-18,23,28H,5,19-22H2,1-4H3,(H,33,37)/t28-/m1/s1. The maximum atomic E-state index is 14.0. The van der Waals surface area contributed by atoms with E-state index >= 15 is 0 Å². The van der Waals surface area contributed by atoms with Crippen LogP contribution in [-0.2, 0) is 26.0 Å². The molecule has 40 heavy (non-hydrogen) atoms. The van der Waals surface area contributed by atoms with Crippen LogP contribution < -0.4 is 9.62 Å². The highest BCUT2D eigenvalue weighted by Gasteiger charge is 2.34. The Morgan fingerprint density at radius 2 is 1.55 bits per heavy atom. The number of sulfonamides is 1. The number of halogens is 1. The van der Waals surface area contributed by atoms with Crippen LogP contribution in [-0.4, -0.2) is 50.8 Å². The largest absolute Gasteiger partial charge is 0.354 e. The van der Waals surface area contributed by atoms with Crippen LogP contribution in [0.4, 0.5) is 5.69 Å². The second-order valence-electron chi connectivity index (χ2n) is 10.2. The lowest BCUT2D eigenvalue weighted by Gasteiger charge is -2.33. The molecule has 0 saturated heterocycles. The van der Waals surface area contributed by atoms with E-state index in [0.29, 0.717) is 19.4 Å². The highest BCUT2D eigenvalue weighted by atomic mass is 35.5. The Hall–Kier alpha value is -3.36. The molecule has 7 nitrogen and oxygen atoms in total. The van der Waals surface area contributed by atoms with E-state index in [2.05, 4.69) is 5.32 Å². The molecule has 0 fully saturated rings. The highest BCUT2D eigenvalue weighted by Crippen LogP contribution is 2.30. The molecule has 0 aliphatic rings. The molecule has 0 unspecified atom stereocenters. The van der Waals surface area contributed by atoms with Gasteiger partial charge in [0.25, 0.3) is 10.0 Å². The third-order valence-corrected chi connectivity index (χ3v) is 8.66. The minimum Gasteiger partial charge on any atom is -0.354 e. The number of rotatable bonds is 13. The van der Waals surface area contributed by atoms with Crippen molar-refractivity contribution in [2.75, 3.05) is 23.9 Å².